The molecule has 0 aromatic heterocycles. The van der Waals surface area contributed by atoms with Crippen LogP contribution in [0.2, 0.25) is 0 Å². The fraction of sp³-hybridized carbons (Fsp3) is 0.250. The van der Waals surface area contributed by atoms with Crippen LogP contribution in [0, 0.1) is 18.2 Å². The Bertz CT molecular complexity index is 419. The molecule has 0 fully saturated rings. The number of amides is 1. The Morgan fingerprint density at radius 2 is 2.38 bits per heavy atom. The van der Waals surface area contributed by atoms with E-state index in [1.807, 2.05) is 6.92 Å². The van der Waals surface area contributed by atoms with Crippen LogP contribution in [0.5, 0.6) is 0 Å². The van der Waals surface area contributed by atoms with E-state index in [9.17, 15) is 9.18 Å². The molecule has 0 radical (unpaired) electrons. The standard InChI is InChI=1S/C12H11BrFNO/c1-3-8(4-2)15-12(16)11-9(13)6-5-7-10(11)14/h1,5-8H,4H2,2H3,(H,15,16). The van der Waals surface area contributed by atoms with E-state index >= 15 is 0 Å². The lowest BCUT2D eigenvalue weighted by molar-refractivity contribution is 0.0940. The quantitative estimate of drug-likeness (QED) is 0.850. The molecule has 1 unspecified atom stereocenters. The van der Waals surface area contributed by atoms with E-state index in [1.54, 1.807) is 6.07 Å². The first-order valence-electron chi connectivity index (χ1n) is 4.81. The molecule has 0 aliphatic rings. The van der Waals surface area contributed by atoms with E-state index in [4.69, 9.17) is 6.42 Å². The Labute approximate surface area is 102 Å². The average molecular weight is 284 g/mol. The van der Waals surface area contributed by atoms with Gasteiger partial charge in [-0.3, -0.25) is 4.79 Å². The molecule has 0 saturated carbocycles. The molecular formula is C12H11BrFNO. The van der Waals surface area contributed by atoms with Crippen molar-refractivity contribution in [1.82, 2.24) is 5.32 Å². The molecule has 0 bridgehead atoms. The molecule has 0 saturated heterocycles. The van der Waals surface area contributed by atoms with Crippen molar-refractivity contribution in [3.63, 3.8) is 0 Å². The van der Waals surface area contributed by atoms with Crippen LogP contribution in [-0.2, 0) is 0 Å². The number of hydrogen-bond donors (Lipinski definition) is 1. The van der Waals surface area contributed by atoms with Gasteiger partial charge >= 0.3 is 0 Å². The Balaban J connectivity index is 2.94. The van der Waals surface area contributed by atoms with E-state index in [2.05, 4.69) is 27.2 Å². The number of carbonyl (C=O) groups is 1. The summed E-state index contributed by atoms with van der Waals surface area (Å²) in [5.74, 6) is 1.35. The Hall–Kier alpha value is -1.34. The third-order valence-corrected chi connectivity index (χ3v) is 2.77. The minimum Gasteiger partial charge on any atom is -0.338 e. The van der Waals surface area contributed by atoms with Crippen LogP contribution in [0.15, 0.2) is 22.7 Å². The molecule has 84 valence electrons. The Kier molecular flexibility index (Phi) is 4.51. The van der Waals surface area contributed by atoms with Gasteiger partial charge in [0.25, 0.3) is 5.91 Å². The molecule has 0 aliphatic carbocycles. The maximum atomic E-state index is 13.4. The van der Waals surface area contributed by atoms with E-state index in [-0.39, 0.29) is 11.6 Å². The van der Waals surface area contributed by atoms with Crippen LogP contribution in [0.4, 0.5) is 4.39 Å². The van der Waals surface area contributed by atoms with Gasteiger partial charge in [0.1, 0.15) is 5.82 Å². The lowest BCUT2D eigenvalue weighted by Gasteiger charge is -2.12. The van der Waals surface area contributed by atoms with Crippen LogP contribution in [0.1, 0.15) is 23.7 Å². The summed E-state index contributed by atoms with van der Waals surface area (Å²) < 4.78 is 13.8. The summed E-state index contributed by atoms with van der Waals surface area (Å²) in [5.41, 5.74) is -0.0174. The molecule has 1 atom stereocenters. The zero-order valence-corrected chi connectivity index (χ0v) is 10.3. The fourth-order valence-corrected chi connectivity index (χ4v) is 1.73. The van der Waals surface area contributed by atoms with Crippen LogP contribution in [-0.4, -0.2) is 11.9 Å². The highest BCUT2D eigenvalue weighted by Gasteiger charge is 2.17. The molecule has 0 aliphatic heterocycles. The second-order valence-electron chi connectivity index (χ2n) is 3.20. The zero-order chi connectivity index (χ0) is 12.1. The van der Waals surface area contributed by atoms with Crippen molar-refractivity contribution < 1.29 is 9.18 Å². The van der Waals surface area contributed by atoms with Gasteiger partial charge in [0, 0.05) is 4.47 Å². The van der Waals surface area contributed by atoms with Crippen molar-refractivity contribution in [1.29, 1.82) is 0 Å². The number of hydrogen-bond acceptors (Lipinski definition) is 1. The van der Waals surface area contributed by atoms with Gasteiger partial charge in [0.15, 0.2) is 0 Å². The first-order valence-corrected chi connectivity index (χ1v) is 5.60. The summed E-state index contributed by atoms with van der Waals surface area (Å²) in [6.45, 7) is 1.85. The summed E-state index contributed by atoms with van der Waals surface area (Å²) in [5, 5.41) is 2.57. The summed E-state index contributed by atoms with van der Waals surface area (Å²) in [7, 11) is 0. The van der Waals surface area contributed by atoms with Crippen molar-refractivity contribution in [3.8, 4) is 12.3 Å². The maximum absolute atomic E-state index is 13.4. The molecule has 2 nitrogen and oxygen atoms in total. The van der Waals surface area contributed by atoms with Crippen molar-refractivity contribution in [3.05, 3.63) is 34.1 Å². The van der Waals surface area contributed by atoms with Gasteiger partial charge in [-0.25, -0.2) is 4.39 Å². The van der Waals surface area contributed by atoms with Crippen molar-refractivity contribution in [2.75, 3.05) is 0 Å². The molecule has 0 spiro atoms. The predicted octanol–water partition coefficient (Wildman–Crippen LogP) is 2.73. The van der Waals surface area contributed by atoms with Crippen LogP contribution < -0.4 is 5.32 Å². The van der Waals surface area contributed by atoms with Crippen molar-refractivity contribution in [2.24, 2.45) is 0 Å². The largest absolute Gasteiger partial charge is 0.338 e. The van der Waals surface area contributed by atoms with Gasteiger partial charge in [-0.05, 0) is 34.5 Å². The number of halogens is 2. The highest BCUT2D eigenvalue weighted by molar-refractivity contribution is 9.10. The molecule has 4 heteroatoms. The lowest BCUT2D eigenvalue weighted by Crippen LogP contribution is -2.33. The average Bonchev–Trinajstić information content (AvgIpc) is 2.25. The molecule has 1 aromatic carbocycles. The second-order valence-corrected chi connectivity index (χ2v) is 4.05. The van der Waals surface area contributed by atoms with Gasteiger partial charge in [0.2, 0.25) is 0 Å². The van der Waals surface area contributed by atoms with Crippen molar-refractivity contribution >= 4 is 21.8 Å². The summed E-state index contributed by atoms with van der Waals surface area (Å²) >= 11 is 3.13. The van der Waals surface area contributed by atoms with Gasteiger partial charge in [0.05, 0.1) is 11.6 Å². The van der Waals surface area contributed by atoms with E-state index in [0.717, 1.165) is 0 Å². The van der Waals surface area contributed by atoms with E-state index in [1.165, 1.54) is 12.1 Å². The third-order valence-electron chi connectivity index (χ3n) is 2.10. The van der Waals surface area contributed by atoms with Gasteiger partial charge in [-0.15, -0.1) is 6.42 Å². The molecule has 0 heterocycles. The SMILES string of the molecule is C#CC(CC)NC(=O)c1c(F)cccc1Br. The number of nitrogens with one attached hydrogen (secondary N) is 1. The maximum Gasteiger partial charge on any atom is 0.256 e. The lowest BCUT2D eigenvalue weighted by atomic mass is 10.1. The normalized spacial score (nSPS) is 11.6. The Morgan fingerprint density at radius 3 is 2.88 bits per heavy atom. The predicted molar refractivity (Wildman–Crippen MR) is 64.5 cm³/mol. The molecular weight excluding hydrogens is 273 g/mol. The minimum atomic E-state index is -0.571. The first kappa shape index (κ1) is 12.7. The fourth-order valence-electron chi connectivity index (χ4n) is 1.21. The Morgan fingerprint density at radius 1 is 1.69 bits per heavy atom. The van der Waals surface area contributed by atoms with Gasteiger partial charge < -0.3 is 5.32 Å². The first-order chi connectivity index (χ1) is 7.60. The van der Waals surface area contributed by atoms with Crippen LogP contribution in [0.3, 0.4) is 0 Å². The number of benzene rings is 1. The minimum absolute atomic E-state index is 0.0174. The molecule has 1 aromatic rings. The smallest absolute Gasteiger partial charge is 0.256 e. The molecule has 1 rings (SSSR count). The van der Waals surface area contributed by atoms with Crippen molar-refractivity contribution in [2.45, 2.75) is 19.4 Å². The van der Waals surface area contributed by atoms with E-state index < -0.39 is 11.7 Å². The molecule has 16 heavy (non-hydrogen) atoms. The second kappa shape index (κ2) is 5.66. The number of terminal acetylenes is 1. The topological polar surface area (TPSA) is 29.1 Å². The van der Waals surface area contributed by atoms with Gasteiger partial charge in [-0.2, -0.15) is 0 Å². The monoisotopic (exact) mass is 283 g/mol. The summed E-state index contributed by atoms with van der Waals surface area (Å²) in [6, 6.07) is 3.99. The molecule has 1 amide bonds. The zero-order valence-electron chi connectivity index (χ0n) is 8.76. The highest BCUT2D eigenvalue weighted by Crippen LogP contribution is 2.19. The molecule has 1 N–H and O–H groups in total. The van der Waals surface area contributed by atoms with Gasteiger partial charge in [-0.1, -0.05) is 18.9 Å². The summed E-state index contributed by atoms with van der Waals surface area (Å²) in [6.07, 6.45) is 5.82. The van der Waals surface area contributed by atoms with Crippen LogP contribution in [0.25, 0.3) is 0 Å². The van der Waals surface area contributed by atoms with E-state index in [0.29, 0.717) is 10.9 Å². The van der Waals surface area contributed by atoms with Crippen LogP contribution >= 0.6 is 15.9 Å². The summed E-state index contributed by atoms with van der Waals surface area (Å²) in [4.78, 5) is 11.7. The number of rotatable bonds is 3. The number of carbonyl (C=O) groups excluding carboxylic acids is 1. The highest BCUT2D eigenvalue weighted by atomic mass is 79.9. The third kappa shape index (κ3) is 2.83.